The van der Waals surface area contributed by atoms with Crippen LogP contribution in [-0.2, 0) is 13.6 Å². The number of benzene rings is 1. The Balaban J connectivity index is 1.87. The number of anilines is 1. The van der Waals surface area contributed by atoms with Crippen molar-refractivity contribution in [3.05, 3.63) is 41.5 Å². The second kappa shape index (κ2) is 5.85. The van der Waals surface area contributed by atoms with Gasteiger partial charge >= 0.3 is 0 Å². The Hall–Kier alpha value is -1.88. The predicted octanol–water partition coefficient (Wildman–Crippen LogP) is 2.18. The molecule has 0 fully saturated rings. The number of rotatable bonds is 4. The van der Waals surface area contributed by atoms with Gasteiger partial charge < -0.3 is 14.8 Å². The Labute approximate surface area is 126 Å². The highest BCUT2D eigenvalue weighted by Gasteiger charge is 2.25. The first-order chi connectivity index (χ1) is 10.2. The van der Waals surface area contributed by atoms with Gasteiger partial charge in [-0.3, -0.25) is 0 Å². The highest BCUT2D eigenvalue weighted by molar-refractivity contribution is 5.57. The zero-order valence-corrected chi connectivity index (χ0v) is 13.0. The van der Waals surface area contributed by atoms with E-state index in [1.165, 1.54) is 11.3 Å². The van der Waals surface area contributed by atoms with Crippen molar-refractivity contribution >= 4 is 5.69 Å². The number of para-hydroxylation sites is 1. The smallest absolute Gasteiger partial charge is 0.152 e. The fourth-order valence-corrected chi connectivity index (χ4v) is 3.01. The molecule has 0 aliphatic carbocycles. The van der Waals surface area contributed by atoms with Gasteiger partial charge in [0, 0.05) is 25.3 Å². The maximum Gasteiger partial charge on any atom is 0.152 e. The molecule has 1 aliphatic rings. The second-order valence-electron chi connectivity index (χ2n) is 5.60. The third-order valence-electron chi connectivity index (χ3n) is 4.31. The van der Waals surface area contributed by atoms with E-state index in [0.717, 1.165) is 37.7 Å². The molecule has 1 atom stereocenters. The van der Waals surface area contributed by atoms with Gasteiger partial charge in [-0.2, -0.15) is 0 Å². The van der Waals surface area contributed by atoms with Crippen LogP contribution in [0.15, 0.2) is 24.3 Å². The summed E-state index contributed by atoms with van der Waals surface area (Å²) < 4.78 is 2.07. The lowest BCUT2D eigenvalue weighted by molar-refractivity contribution is 0.486. The van der Waals surface area contributed by atoms with Crippen LogP contribution in [0.3, 0.4) is 0 Å². The molecule has 1 aromatic carbocycles. The molecule has 1 aromatic heterocycles. The largest absolute Gasteiger partial charge is 0.364 e. The van der Waals surface area contributed by atoms with Gasteiger partial charge in [-0.05, 0) is 31.5 Å². The van der Waals surface area contributed by atoms with Crippen molar-refractivity contribution in [3.63, 3.8) is 0 Å². The number of hydrogen-bond acceptors (Lipinski definition) is 4. The summed E-state index contributed by atoms with van der Waals surface area (Å²) in [6.45, 7) is 7.01. The van der Waals surface area contributed by atoms with Gasteiger partial charge in [0.2, 0.25) is 0 Å². The maximum absolute atomic E-state index is 4.29. The normalized spacial score (nSPS) is 17.9. The first-order valence-electron chi connectivity index (χ1n) is 7.62. The minimum atomic E-state index is 0.462. The van der Waals surface area contributed by atoms with Gasteiger partial charge in [-0.15, -0.1) is 10.2 Å². The summed E-state index contributed by atoms with van der Waals surface area (Å²) in [5.41, 5.74) is 2.71. The Morgan fingerprint density at radius 2 is 2.10 bits per heavy atom. The van der Waals surface area contributed by atoms with Crippen molar-refractivity contribution in [1.29, 1.82) is 0 Å². The molecule has 0 amide bonds. The molecule has 0 saturated heterocycles. The van der Waals surface area contributed by atoms with Crippen LogP contribution in [0.25, 0.3) is 0 Å². The Morgan fingerprint density at radius 1 is 1.29 bits per heavy atom. The number of nitrogens with zero attached hydrogens (tertiary/aromatic N) is 4. The lowest BCUT2D eigenvalue weighted by Gasteiger charge is -2.35. The van der Waals surface area contributed by atoms with Crippen molar-refractivity contribution in [2.75, 3.05) is 18.0 Å². The maximum atomic E-state index is 4.29. The summed E-state index contributed by atoms with van der Waals surface area (Å²) in [5.74, 6) is 1.98. The molecule has 1 aliphatic heterocycles. The SMILES string of the molecule is CCNC1CCN(Cc2nnc(C)n2C)c2ccccc21. The summed E-state index contributed by atoms with van der Waals surface area (Å²) in [7, 11) is 2.03. The van der Waals surface area contributed by atoms with E-state index in [2.05, 4.69) is 56.2 Å². The van der Waals surface area contributed by atoms with Crippen molar-refractivity contribution in [1.82, 2.24) is 20.1 Å². The van der Waals surface area contributed by atoms with Crippen LogP contribution in [0.2, 0.25) is 0 Å². The number of fused-ring (bicyclic) bond motifs is 1. The number of aryl methyl sites for hydroxylation is 1. The molecule has 0 saturated carbocycles. The Morgan fingerprint density at radius 3 is 2.81 bits per heavy atom. The van der Waals surface area contributed by atoms with E-state index in [1.807, 2.05) is 14.0 Å². The van der Waals surface area contributed by atoms with Gasteiger partial charge in [0.25, 0.3) is 0 Å². The second-order valence-corrected chi connectivity index (χ2v) is 5.60. The van der Waals surface area contributed by atoms with Gasteiger partial charge in [0.15, 0.2) is 5.82 Å². The van der Waals surface area contributed by atoms with Crippen LogP contribution >= 0.6 is 0 Å². The minimum Gasteiger partial charge on any atom is -0.364 e. The fourth-order valence-electron chi connectivity index (χ4n) is 3.01. The molecule has 21 heavy (non-hydrogen) atoms. The molecule has 112 valence electrons. The highest BCUT2D eigenvalue weighted by Crippen LogP contribution is 2.34. The first-order valence-corrected chi connectivity index (χ1v) is 7.62. The van der Waals surface area contributed by atoms with E-state index >= 15 is 0 Å². The van der Waals surface area contributed by atoms with Crippen LogP contribution in [0.1, 0.15) is 36.6 Å². The molecule has 1 unspecified atom stereocenters. The number of aromatic nitrogens is 3. The molecular formula is C16H23N5. The summed E-state index contributed by atoms with van der Waals surface area (Å²) in [6, 6.07) is 9.14. The van der Waals surface area contributed by atoms with E-state index < -0.39 is 0 Å². The van der Waals surface area contributed by atoms with Crippen molar-refractivity contribution in [3.8, 4) is 0 Å². The van der Waals surface area contributed by atoms with Crippen LogP contribution in [0.5, 0.6) is 0 Å². The highest BCUT2D eigenvalue weighted by atomic mass is 15.3. The van der Waals surface area contributed by atoms with E-state index in [0.29, 0.717) is 6.04 Å². The Kier molecular flexibility index (Phi) is 3.92. The third kappa shape index (κ3) is 2.65. The van der Waals surface area contributed by atoms with E-state index in [-0.39, 0.29) is 0 Å². The zero-order valence-electron chi connectivity index (χ0n) is 13.0. The summed E-state index contributed by atoms with van der Waals surface area (Å²) in [6.07, 6.45) is 1.13. The third-order valence-corrected chi connectivity index (χ3v) is 4.31. The summed E-state index contributed by atoms with van der Waals surface area (Å²) in [5, 5.41) is 12.0. The predicted molar refractivity (Wildman–Crippen MR) is 84.3 cm³/mol. The van der Waals surface area contributed by atoms with Gasteiger partial charge in [-0.25, -0.2) is 0 Å². The molecule has 2 heterocycles. The molecule has 0 radical (unpaired) electrons. The summed E-state index contributed by atoms with van der Waals surface area (Å²) >= 11 is 0. The Bertz CT molecular complexity index is 619. The monoisotopic (exact) mass is 285 g/mol. The quantitative estimate of drug-likeness (QED) is 0.935. The van der Waals surface area contributed by atoms with E-state index in [1.54, 1.807) is 0 Å². The van der Waals surface area contributed by atoms with E-state index in [4.69, 9.17) is 0 Å². The lowest BCUT2D eigenvalue weighted by Crippen LogP contribution is -2.36. The van der Waals surface area contributed by atoms with Gasteiger partial charge in [-0.1, -0.05) is 25.1 Å². The average Bonchev–Trinajstić information content (AvgIpc) is 2.82. The van der Waals surface area contributed by atoms with Crippen molar-refractivity contribution < 1.29 is 0 Å². The molecule has 0 spiro atoms. The van der Waals surface area contributed by atoms with Crippen LogP contribution in [-0.4, -0.2) is 27.9 Å². The minimum absolute atomic E-state index is 0.462. The lowest BCUT2D eigenvalue weighted by atomic mass is 9.96. The number of hydrogen-bond donors (Lipinski definition) is 1. The molecule has 5 heteroatoms. The van der Waals surface area contributed by atoms with Gasteiger partial charge in [0.1, 0.15) is 5.82 Å². The van der Waals surface area contributed by atoms with Crippen LogP contribution in [0, 0.1) is 6.92 Å². The van der Waals surface area contributed by atoms with Crippen LogP contribution in [0.4, 0.5) is 5.69 Å². The van der Waals surface area contributed by atoms with E-state index in [9.17, 15) is 0 Å². The molecule has 0 bridgehead atoms. The molecule has 5 nitrogen and oxygen atoms in total. The van der Waals surface area contributed by atoms with Gasteiger partial charge in [0.05, 0.1) is 6.54 Å². The fraction of sp³-hybridized carbons (Fsp3) is 0.500. The summed E-state index contributed by atoms with van der Waals surface area (Å²) in [4.78, 5) is 2.41. The zero-order chi connectivity index (χ0) is 14.8. The number of nitrogens with one attached hydrogen (secondary N) is 1. The molecule has 3 rings (SSSR count). The van der Waals surface area contributed by atoms with Crippen LogP contribution < -0.4 is 10.2 Å². The molecule has 2 aromatic rings. The van der Waals surface area contributed by atoms with Crippen molar-refractivity contribution in [2.45, 2.75) is 32.9 Å². The topological polar surface area (TPSA) is 46.0 Å². The molecular weight excluding hydrogens is 262 g/mol. The molecule has 1 N–H and O–H groups in total. The van der Waals surface area contributed by atoms with Crippen molar-refractivity contribution in [2.24, 2.45) is 7.05 Å². The standard InChI is InChI=1S/C16H23N5/c1-4-17-14-9-10-21(15-8-6-5-7-13(14)15)11-16-19-18-12(2)20(16)3/h5-8,14,17H,4,9-11H2,1-3H3. The average molecular weight is 285 g/mol. The first kappa shape index (κ1) is 14.1.